The van der Waals surface area contributed by atoms with E-state index in [0.717, 1.165) is 21.7 Å². The predicted molar refractivity (Wildman–Crippen MR) is 79.0 cm³/mol. The van der Waals surface area contributed by atoms with Crippen LogP contribution in [-0.4, -0.2) is 0 Å². The van der Waals surface area contributed by atoms with E-state index in [4.69, 9.17) is 5.84 Å². The molecule has 0 spiro atoms. The summed E-state index contributed by atoms with van der Waals surface area (Å²) in [7, 11) is 0. The van der Waals surface area contributed by atoms with Crippen LogP contribution in [0, 0.1) is 18.6 Å². The minimum Gasteiger partial charge on any atom is -0.271 e. The third kappa shape index (κ3) is 3.42. The summed E-state index contributed by atoms with van der Waals surface area (Å²) in [5.41, 5.74) is 5.15. The zero-order chi connectivity index (χ0) is 14.7. The Kier molecular flexibility index (Phi) is 4.86. The molecule has 3 N–H and O–H groups in total. The molecule has 0 saturated heterocycles. The lowest BCUT2D eigenvalue weighted by Gasteiger charge is -2.19. The van der Waals surface area contributed by atoms with E-state index in [1.807, 2.05) is 25.1 Å². The van der Waals surface area contributed by atoms with Gasteiger partial charge in [-0.25, -0.2) is 8.78 Å². The van der Waals surface area contributed by atoms with E-state index in [9.17, 15) is 8.78 Å². The van der Waals surface area contributed by atoms with Crippen molar-refractivity contribution in [3.63, 3.8) is 0 Å². The number of hydrazine groups is 1. The van der Waals surface area contributed by atoms with E-state index in [2.05, 4.69) is 21.4 Å². The van der Waals surface area contributed by atoms with Crippen molar-refractivity contribution in [2.45, 2.75) is 19.4 Å². The second kappa shape index (κ2) is 6.43. The minimum atomic E-state index is -0.580. The Morgan fingerprint density at radius 3 is 2.55 bits per heavy atom. The Balaban J connectivity index is 2.28. The number of benzene rings is 2. The molecule has 0 aliphatic heterocycles. The Bertz CT molecular complexity index is 617. The molecule has 2 aromatic carbocycles. The Morgan fingerprint density at radius 2 is 1.95 bits per heavy atom. The van der Waals surface area contributed by atoms with Gasteiger partial charge in [0.25, 0.3) is 0 Å². The number of aryl methyl sites for hydroxylation is 1. The van der Waals surface area contributed by atoms with Gasteiger partial charge in [-0.05, 0) is 48.2 Å². The van der Waals surface area contributed by atoms with Gasteiger partial charge >= 0.3 is 0 Å². The summed E-state index contributed by atoms with van der Waals surface area (Å²) >= 11 is 3.40. The van der Waals surface area contributed by atoms with Crippen molar-refractivity contribution in [2.75, 3.05) is 0 Å². The molecular weight excluding hydrogens is 326 g/mol. The lowest BCUT2D eigenvalue weighted by molar-refractivity contribution is 0.520. The molecule has 0 amide bonds. The van der Waals surface area contributed by atoms with Gasteiger partial charge in [0.1, 0.15) is 11.6 Å². The summed E-state index contributed by atoms with van der Waals surface area (Å²) in [6, 6.07) is 9.17. The molecule has 0 heterocycles. The first-order valence-corrected chi connectivity index (χ1v) is 6.96. The van der Waals surface area contributed by atoms with Crippen LogP contribution in [0.5, 0.6) is 0 Å². The SMILES string of the molecule is Cc1cc(Br)ccc1C(Cc1ccc(F)cc1F)NN. The molecule has 2 rings (SSSR count). The fraction of sp³-hybridized carbons (Fsp3) is 0.200. The first-order chi connectivity index (χ1) is 9.51. The highest BCUT2D eigenvalue weighted by Crippen LogP contribution is 2.25. The molecule has 0 saturated carbocycles. The Labute approximate surface area is 125 Å². The number of nitrogens with one attached hydrogen (secondary N) is 1. The second-order valence-corrected chi connectivity index (χ2v) is 5.58. The van der Waals surface area contributed by atoms with Crippen molar-refractivity contribution in [3.8, 4) is 0 Å². The topological polar surface area (TPSA) is 38.0 Å². The summed E-state index contributed by atoms with van der Waals surface area (Å²) in [5.74, 6) is 4.45. The Morgan fingerprint density at radius 1 is 1.20 bits per heavy atom. The highest BCUT2D eigenvalue weighted by Gasteiger charge is 2.15. The van der Waals surface area contributed by atoms with Crippen LogP contribution in [0.3, 0.4) is 0 Å². The van der Waals surface area contributed by atoms with Gasteiger partial charge in [-0.2, -0.15) is 0 Å². The van der Waals surface area contributed by atoms with Crippen LogP contribution in [0.4, 0.5) is 8.78 Å². The molecule has 0 bridgehead atoms. The van der Waals surface area contributed by atoms with Crippen molar-refractivity contribution >= 4 is 15.9 Å². The highest BCUT2D eigenvalue weighted by molar-refractivity contribution is 9.10. The van der Waals surface area contributed by atoms with Crippen molar-refractivity contribution in [1.29, 1.82) is 0 Å². The standard InChI is InChI=1S/C15H15BrF2N2/c1-9-6-11(16)3-5-13(9)15(20-19)7-10-2-4-12(17)8-14(10)18/h2-6,8,15,20H,7,19H2,1H3. The van der Waals surface area contributed by atoms with Crippen molar-refractivity contribution in [2.24, 2.45) is 5.84 Å². The largest absolute Gasteiger partial charge is 0.271 e. The maximum atomic E-state index is 13.7. The van der Waals surface area contributed by atoms with Gasteiger partial charge in [-0.3, -0.25) is 11.3 Å². The van der Waals surface area contributed by atoms with Gasteiger partial charge in [0, 0.05) is 10.5 Å². The van der Waals surface area contributed by atoms with Crippen LogP contribution in [0.1, 0.15) is 22.7 Å². The molecule has 106 valence electrons. The van der Waals surface area contributed by atoms with E-state index in [1.54, 1.807) is 0 Å². The highest BCUT2D eigenvalue weighted by atomic mass is 79.9. The average Bonchev–Trinajstić information content (AvgIpc) is 2.39. The van der Waals surface area contributed by atoms with E-state index >= 15 is 0 Å². The zero-order valence-corrected chi connectivity index (χ0v) is 12.5. The number of halogens is 3. The van der Waals surface area contributed by atoms with Gasteiger partial charge in [0.15, 0.2) is 0 Å². The van der Waals surface area contributed by atoms with Crippen molar-refractivity contribution in [1.82, 2.24) is 5.43 Å². The molecule has 0 radical (unpaired) electrons. The van der Waals surface area contributed by atoms with Gasteiger partial charge in [-0.15, -0.1) is 0 Å². The third-order valence-electron chi connectivity index (χ3n) is 3.25. The summed E-state index contributed by atoms with van der Waals surface area (Å²) in [6.07, 6.45) is 0.352. The molecule has 5 heteroatoms. The average molecular weight is 341 g/mol. The van der Waals surface area contributed by atoms with Crippen molar-refractivity contribution in [3.05, 3.63) is 69.2 Å². The smallest absolute Gasteiger partial charge is 0.129 e. The number of nitrogens with two attached hydrogens (primary N) is 1. The maximum absolute atomic E-state index is 13.7. The summed E-state index contributed by atoms with van der Waals surface area (Å²) in [5, 5.41) is 0. The van der Waals surface area contributed by atoms with Crippen LogP contribution >= 0.6 is 15.9 Å². The maximum Gasteiger partial charge on any atom is 0.129 e. The number of rotatable bonds is 4. The minimum absolute atomic E-state index is 0.233. The number of hydrogen-bond acceptors (Lipinski definition) is 2. The van der Waals surface area contributed by atoms with Crippen LogP contribution in [0.2, 0.25) is 0 Å². The molecule has 1 unspecified atom stereocenters. The Hall–Kier alpha value is -1.30. The monoisotopic (exact) mass is 340 g/mol. The molecule has 1 atom stereocenters. The fourth-order valence-corrected chi connectivity index (χ4v) is 2.67. The zero-order valence-electron chi connectivity index (χ0n) is 11.0. The second-order valence-electron chi connectivity index (χ2n) is 4.66. The summed E-state index contributed by atoms with van der Waals surface area (Å²) in [6.45, 7) is 1.96. The quantitative estimate of drug-likeness (QED) is 0.656. The van der Waals surface area contributed by atoms with Crippen LogP contribution in [-0.2, 0) is 6.42 Å². The lowest BCUT2D eigenvalue weighted by Crippen LogP contribution is -2.30. The third-order valence-corrected chi connectivity index (χ3v) is 3.74. The molecule has 0 aliphatic rings. The van der Waals surface area contributed by atoms with E-state index in [-0.39, 0.29) is 6.04 Å². The van der Waals surface area contributed by atoms with E-state index in [1.165, 1.54) is 12.1 Å². The van der Waals surface area contributed by atoms with Gasteiger partial charge in [0.05, 0.1) is 6.04 Å². The lowest BCUT2D eigenvalue weighted by atomic mass is 9.95. The molecule has 2 nitrogen and oxygen atoms in total. The predicted octanol–water partition coefficient (Wildman–Crippen LogP) is 3.78. The van der Waals surface area contributed by atoms with Crippen LogP contribution < -0.4 is 11.3 Å². The molecule has 0 fully saturated rings. The molecule has 20 heavy (non-hydrogen) atoms. The van der Waals surface area contributed by atoms with E-state index in [0.29, 0.717) is 12.0 Å². The number of hydrogen-bond donors (Lipinski definition) is 2. The van der Waals surface area contributed by atoms with Crippen LogP contribution in [0.15, 0.2) is 40.9 Å². The first kappa shape index (κ1) is 15.1. The van der Waals surface area contributed by atoms with Crippen LogP contribution in [0.25, 0.3) is 0 Å². The normalized spacial score (nSPS) is 12.4. The fourth-order valence-electron chi connectivity index (χ4n) is 2.20. The van der Waals surface area contributed by atoms with Crippen molar-refractivity contribution < 1.29 is 8.78 Å². The van der Waals surface area contributed by atoms with Gasteiger partial charge < -0.3 is 0 Å². The summed E-state index contributed by atoms with van der Waals surface area (Å²) < 4.78 is 27.6. The van der Waals surface area contributed by atoms with Gasteiger partial charge in [-0.1, -0.05) is 28.1 Å². The molecular formula is C15H15BrF2N2. The molecule has 0 aliphatic carbocycles. The summed E-state index contributed by atoms with van der Waals surface area (Å²) in [4.78, 5) is 0. The van der Waals surface area contributed by atoms with Gasteiger partial charge in [0.2, 0.25) is 0 Å². The molecule has 2 aromatic rings. The van der Waals surface area contributed by atoms with E-state index < -0.39 is 11.6 Å². The first-order valence-electron chi connectivity index (χ1n) is 6.17. The molecule has 0 aromatic heterocycles.